The topological polar surface area (TPSA) is 55.7 Å². The van der Waals surface area contributed by atoms with Crippen molar-refractivity contribution >= 4 is 50.3 Å². The number of thiocarbonyl (C=S) groups is 1. The number of oxime groups is 1. The summed E-state index contributed by atoms with van der Waals surface area (Å²) in [5, 5.41) is 8.04. The Morgan fingerprint density at radius 1 is 1.40 bits per heavy atom. The molecule has 134 valence electrons. The number of aromatic nitrogens is 1. The molecule has 1 atom stereocenters. The summed E-state index contributed by atoms with van der Waals surface area (Å²) < 4.78 is 6.96. The summed E-state index contributed by atoms with van der Waals surface area (Å²) in [4.78, 5) is 9.77. The lowest BCUT2D eigenvalue weighted by Crippen LogP contribution is -2.48. The minimum atomic E-state index is -0.432. The van der Waals surface area contributed by atoms with E-state index in [2.05, 4.69) is 31.4 Å². The molecule has 1 aromatic carbocycles. The van der Waals surface area contributed by atoms with E-state index in [4.69, 9.17) is 21.8 Å². The standard InChI is InChI=1S/C18H22BrN3O2S/c1-11-6-15(8-13-7-14(19)9-20-16(11)13)24-12(2)17(25)22-18(3,4)10-21-23-5/h6-10,12H,1-5H3,(H,22,25). The van der Waals surface area contributed by atoms with Crippen molar-refractivity contribution in [3.63, 3.8) is 0 Å². The number of aryl methyl sites for hydroxylation is 1. The first kappa shape index (κ1) is 19.6. The fraction of sp³-hybridized carbons (Fsp3) is 0.389. The van der Waals surface area contributed by atoms with Gasteiger partial charge in [0, 0.05) is 16.1 Å². The van der Waals surface area contributed by atoms with E-state index in [-0.39, 0.29) is 6.10 Å². The van der Waals surface area contributed by atoms with Gasteiger partial charge in [0.1, 0.15) is 24.0 Å². The van der Waals surface area contributed by atoms with Gasteiger partial charge in [-0.15, -0.1) is 0 Å². The van der Waals surface area contributed by atoms with E-state index in [1.165, 1.54) is 7.11 Å². The zero-order valence-electron chi connectivity index (χ0n) is 15.0. The van der Waals surface area contributed by atoms with Gasteiger partial charge in [0.15, 0.2) is 0 Å². The number of hydrogen-bond acceptors (Lipinski definition) is 5. The van der Waals surface area contributed by atoms with Gasteiger partial charge in [0.2, 0.25) is 0 Å². The van der Waals surface area contributed by atoms with Crippen LogP contribution in [0.5, 0.6) is 5.75 Å². The maximum Gasteiger partial charge on any atom is 0.146 e. The molecule has 0 aliphatic rings. The van der Waals surface area contributed by atoms with E-state index < -0.39 is 5.54 Å². The van der Waals surface area contributed by atoms with Crippen LogP contribution in [0.15, 0.2) is 34.0 Å². The molecule has 0 spiro atoms. The summed E-state index contributed by atoms with van der Waals surface area (Å²) in [6.45, 7) is 7.84. The van der Waals surface area contributed by atoms with Gasteiger partial charge in [-0.25, -0.2) is 0 Å². The van der Waals surface area contributed by atoms with Gasteiger partial charge in [0.25, 0.3) is 0 Å². The smallest absolute Gasteiger partial charge is 0.146 e. The molecule has 0 saturated heterocycles. The van der Waals surface area contributed by atoms with E-state index in [0.29, 0.717) is 4.99 Å². The van der Waals surface area contributed by atoms with Crippen LogP contribution < -0.4 is 10.1 Å². The van der Waals surface area contributed by atoms with E-state index in [1.54, 1.807) is 12.4 Å². The van der Waals surface area contributed by atoms with Crippen molar-refractivity contribution in [1.29, 1.82) is 0 Å². The van der Waals surface area contributed by atoms with Crippen LogP contribution in [0.4, 0.5) is 0 Å². The highest BCUT2D eigenvalue weighted by Gasteiger charge is 2.20. The Morgan fingerprint density at radius 2 is 2.12 bits per heavy atom. The van der Waals surface area contributed by atoms with Gasteiger partial charge < -0.3 is 14.9 Å². The Balaban J connectivity index is 2.14. The first-order chi connectivity index (χ1) is 11.7. The molecule has 2 rings (SSSR count). The molecular weight excluding hydrogens is 402 g/mol. The average molecular weight is 424 g/mol. The lowest BCUT2D eigenvalue weighted by Gasteiger charge is -2.26. The molecule has 1 unspecified atom stereocenters. The zero-order valence-corrected chi connectivity index (χ0v) is 17.4. The van der Waals surface area contributed by atoms with Crippen molar-refractivity contribution in [2.75, 3.05) is 7.11 Å². The molecular formula is C18H22BrN3O2S. The van der Waals surface area contributed by atoms with Crippen molar-refractivity contribution in [1.82, 2.24) is 10.3 Å². The second-order valence-electron chi connectivity index (χ2n) is 6.35. The van der Waals surface area contributed by atoms with Crippen LogP contribution >= 0.6 is 28.1 Å². The van der Waals surface area contributed by atoms with Crippen molar-refractivity contribution in [3.05, 3.63) is 34.4 Å². The van der Waals surface area contributed by atoms with E-state index >= 15 is 0 Å². The third-order valence-corrected chi connectivity index (χ3v) is 4.39. The highest BCUT2D eigenvalue weighted by molar-refractivity contribution is 9.10. The molecule has 7 heteroatoms. The number of fused-ring (bicyclic) bond motifs is 1. The van der Waals surface area contributed by atoms with Gasteiger partial charge in [-0.1, -0.05) is 17.4 Å². The fourth-order valence-electron chi connectivity index (χ4n) is 2.33. The Labute approximate surface area is 161 Å². The van der Waals surface area contributed by atoms with Gasteiger partial charge in [-0.05, 0) is 67.4 Å². The van der Waals surface area contributed by atoms with Crippen LogP contribution in [0, 0.1) is 6.92 Å². The predicted molar refractivity (Wildman–Crippen MR) is 110 cm³/mol. The number of rotatable bonds is 6. The summed E-state index contributed by atoms with van der Waals surface area (Å²) in [7, 11) is 1.51. The lowest BCUT2D eigenvalue weighted by atomic mass is 10.1. The van der Waals surface area contributed by atoms with Crippen LogP contribution in [0.25, 0.3) is 10.9 Å². The summed E-state index contributed by atoms with van der Waals surface area (Å²) in [6, 6.07) is 5.96. The Bertz CT molecular complexity index is 808. The summed E-state index contributed by atoms with van der Waals surface area (Å²) in [5.41, 5.74) is 1.58. The monoisotopic (exact) mass is 423 g/mol. The maximum absolute atomic E-state index is 6.03. The molecule has 2 aromatic rings. The minimum absolute atomic E-state index is 0.290. The Kier molecular flexibility index (Phi) is 6.35. The van der Waals surface area contributed by atoms with Gasteiger partial charge in [-0.3, -0.25) is 4.98 Å². The van der Waals surface area contributed by atoms with Gasteiger partial charge in [0.05, 0.1) is 17.3 Å². The molecule has 1 N–H and O–H groups in total. The Hall–Kier alpha value is -1.73. The SMILES string of the molecule is CON=CC(C)(C)NC(=S)C(C)Oc1cc(C)c2ncc(Br)cc2c1. The molecule has 0 bridgehead atoms. The normalized spacial score (nSPS) is 13.0. The number of ether oxygens (including phenoxy) is 1. The Morgan fingerprint density at radius 3 is 2.80 bits per heavy atom. The summed E-state index contributed by atoms with van der Waals surface area (Å²) in [6.07, 6.45) is 3.17. The molecule has 5 nitrogen and oxygen atoms in total. The van der Waals surface area contributed by atoms with E-state index in [1.807, 2.05) is 45.9 Å². The first-order valence-electron chi connectivity index (χ1n) is 7.84. The predicted octanol–water partition coefficient (Wildman–Crippen LogP) is 4.40. The zero-order chi connectivity index (χ0) is 18.6. The van der Waals surface area contributed by atoms with Crippen LogP contribution in [0.3, 0.4) is 0 Å². The number of nitrogens with one attached hydrogen (secondary N) is 1. The van der Waals surface area contributed by atoms with Crippen LogP contribution in [-0.2, 0) is 4.84 Å². The highest BCUT2D eigenvalue weighted by atomic mass is 79.9. The largest absolute Gasteiger partial charge is 0.484 e. The third-order valence-electron chi connectivity index (χ3n) is 3.52. The number of pyridine rings is 1. The van der Waals surface area contributed by atoms with Crippen LogP contribution in [0.2, 0.25) is 0 Å². The quantitative estimate of drug-likeness (QED) is 0.423. The number of benzene rings is 1. The van der Waals surface area contributed by atoms with Crippen molar-refractivity contribution in [2.24, 2.45) is 5.16 Å². The number of halogens is 1. The number of hydrogen-bond donors (Lipinski definition) is 1. The minimum Gasteiger partial charge on any atom is -0.484 e. The van der Waals surface area contributed by atoms with Gasteiger partial charge >= 0.3 is 0 Å². The second-order valence-corrected chi connectivity index (χ2v) is 7.71. The molecule has 25 heavy (non-hydrogen) atoms. The van der Waals surface area contributed by atoms with E-state index in [9.17, 15) is 0 Å². The molecule has 1 heterocycles. The fourth-order valence-corrected chi connectivity index (χ4v) is 2.99. The molecule has 0 aliphatic carbocycles. The van der Waals surface area contributed by atoms with Crippen molar-refractivity contribution in [3.8, 4) is 5.75 Å². The molecule has 0 radical (unpaired) electrons. The molecule has 0 saturated carbocycles. The molecule has 0 fully saturated rings. The number of nitrogens with zero attached hydrogens (tertiary/aromatic N) is 2. The lowest BCUT2D eigenvalue weighted by molar-refractivity contribution is 0.212. The van der Waals surface area contributed by atoms with Crippen LogP contribution in [-0.4, -0.2) is 34.9 Å². The van der Waals surface area contributed by atoms with E-state index in [0.717, 1.165) is 26.7 Å². The molecule has 0 amide bonds. The molecule has 1 aromatic heterocycles. The summed E-state index contributed by atoms with van der Waals surface area (Å²) >= 11 is 8.92. The van der Waals surface area contributed by atoms with Crippen LogP contribution in [0.1, 0.15) is 26.3 Å². The highest BCUT2D eigenvalue weighted by Crippen LogP contribution is 2.26. The summed E-state index contributed by atoms with van der Waals surface area (Å²) in [5.74, 6) is 0.755. The maximum atomic E-state index is 6.03. The average Bonchev–Trinajstić information content (AvgIpc) is 2.52. The first-order valence-corrected chi connectivity index (χ1v) is 9.04. The second kappa shape index (κ2) is 8.10. The van der Waals surface area contributed by atoms with Crippen molar-refractivity contribution in [2.45, 2.75) is 39.3 Å². The van der Waals surface area contributed by atoms with Crippen molar-refractivity contribution < 1.29 is 9.57 Å². The molecule has 0 aliphatic heterocycles. The van der Waals surface area contributed by atoms with Gasteiger partial charge in [-0.2, -0.15) is 0 Å². The third kappa shape index (κ3) is 5.37.